The first-order valence-electron chi connectivity index (χ1n) is 11.9. The van der Waals surface area contributed by atoms with Crippen LogP contribution in [0.2, 0.25) is 5.02 Å². The van der Waals surface area contributed by atoms with E-state index in [0.717, 1.165) is 5.69 Å². The van der Waals surface area contributed by atoms with Crippen molar-refractivity contribution in [2.75, 3.05) is 37.6 Å². The lowest BCUT2D eigenvalue weighted by molar-refractivity contribution is -0.132. The summed E-state index contributed by atoms with van der Waals surface area (Å²) >= 11 is 6.22. The molecule has 0 aromatic heterocycles. The number of esters is 1. The molecule has 9 heteroatoms. The number of methoxy groups -OCH3 is 1. The Kier molecular flexibility index (Phi) is 7.73. The Morgan fingerprint density at radius 1 is 1.03 bits per heavy atom. The van der Waals surface area contributed by atoms with Crippen LogP contribution in [0, 0.1) is 0 Å². The third-order valence-corrected chi connectivity index (χ3v) is 6.53. The Morgan fingerprint density at radius 3 is 2.37 bits per heavy atom. The fraction of sp³-hybridized carbons (Fsp3) is 0.207. The highest BCUT2D eigenvalue weighted by Gasteiger charge is 2.47. The molecule has 1 unspecified atom stereocenters. The first-order chi connectivity index (χ1) is 18.2. The summed E-state index contributed by atoms with van der Waals surface area (Å²) in [6.45, 7) is 2.15. The summed E-state index contributed by atoms with van der Waals surface area (Å²) in [6.07, 6.45) is 0. The van der Waals surface area contributed by atoms with Gasteiger partial charge >= 0.3 is 5.97 Å². The van der Waals surface area contributed by atoms with E-state index >= 15 is 0 Å². The van der Waals surface area contributed by atoms with Gasteiger partial charge in [-0.15, -0.1) is 0 Å². The van der Waals surface area contributed by atoms with Crippen molar-refractivity contribution in [1.82, 2.24) is 0 Å². The average molecular weight is 535 g/mol. The number of benzene rings is 3. The number of aliphatic hydroxyl groups excluding tert-OH is 1. The van der Waals surface area contributed by atoms with Crippen molar-refractivity contribution >= 4 is 46.4 Å². The predicted octanol–water partition coefficient (Wildman–Crippen LogP) is 5.22. The summed E-state index contributed by atoms with van der Waals surface area (Å²) in [7, 11) is 5.06. The predicted molar refractivity (Wildman–Crippen MR) is 146 cm³/mol. The first-order valence-corrected chi connectivity index (χ1v) is 12.2. The molecule has 1 saturated heterocycles. The molecule has 196 valence electrons. The van der Waals surface area contributed by atoms with E-state index in [9.17, 15) is 19.5 Å². The Hall–Kier alpha value is -4.30. The highest BCUT2D eigenvalue weighted by Crippen LogP contribution is 2.43. The van der Waals surface area contributed by atoms with Gasteiger partial charge in [0.2, 0.25) is 0 Å². The molecule has 8 nitrogen and oxygen atoms in total. The van der Waals surface area contributed by atoms with Gasteiger partial charge in [0, 0.05) is 31.0 Å². The Labute approximate surface area is 225 Å². The van der Waals surface area contributed by atoms with E-state index in [4.69, 9.17) is 21.1 Å². The molecular weight excluding hydrogens is 508 g/mol. The monoisotopic (exact) mass is 534 g/mol. The van der Waals surface area contributed by atoms with Crippen LogP contribution in [0.5, 0.6) is 5.75 Å². The molecule has 1 atom stereocenters. The number of carbonyl (C=O) groups is 3. The lowest BCUT2D eigenvalue weighted by atomic mass is 9.94. The first kappa shape index (κ1) is 26.8. The summed E-state index contributed by atoms with van der Waals surface area (Å²) in [5.41, 5.74) is 2.21. The van der Waals surface area contributed by atoms with E-state index in [-0.39, 0.29) is 22.5 Å². The average Bonchev–Trinajstić information content (AvgIpc) is 3.19. The minimum absolute atomic E-state index is 0.0964. The van der Waals surface area contributed by atoms with Crippen molar-refractivity contribution in [3.63, 3.8) is 0 Å². The van der Waals surface area contributed by atoms with Gasteiger partial charge in [-0.05, 0) is 61.0 Å². The van der Waals surface area contributed by atoms with Crippen LogP contribution in [0.4, 0.5) is 11.4 Å². The number of hydrogen-bond acceptors (Lipinski definition) is 7. The third-order valence-electron chi connectivity index (χ3n) is 6.22. The standard InChI is InChI=1S/C29H27ClN2O6/c1-5-38-23-16-18(11-14-22(23)30)26(33)24-25(17-9-12-20(13-10-17)31(2)3)32(28(35)27(24)34)21-8-6-7-19(15-21)29(36)37-4/h6-16,25,33H,5H2,1-4H3/b26-24+. The molecule has 0 radical (unpaired) electrons. The van der Waals surface area contributed by atoms with E-state index in [1.807, 2.05) is 31.1 Å². The third kappa shape index (κ3) is 4.95. The number of ketones is 1. The van der Waals surface area contributed by atoms with Gasteiger partial charge in [0.05, 0.1) is 35.9 Å². The molecule has 0 saturated carbocycles. The van der Waals surface area contributed by atoms with Crippen LogP contribution in [0.25, 0.3) is 5.76 Å². The molecule has 0 spiro atoms. The lowest BCUT2D eigenvalue weighted by Gasteiger charge is -2.26. The molecule has 1 aliphatic heterocycles. The van der Waals surface area contributed by atoms with E-state index < -0.39 is 23.7 Å². The maximum atomic E-state index is 13.4. The Morgan fingerprint density at radius 2 is 1.74 bits per heavy atom. The number of carbonyl (C=O) groups excluding carboxylic acids is 3. The van der Waals surface area contributed by atoms with Gasteiger partial charge in [-0.2, -0.15) is 0 Å². The molecule has 38 heavy (non-hydrogen) atoms. The zero-order chi connectivity index (χ0) is 27.6. The second-order valence-corrected chi connectivity index (χ2v) is 9.18. The zero-order valence-corrected chi connectivity index (χ0v) is 22.2. The molecule has 3 aromatic rings. The smallest absolute Gasteiger partial charge is 0.337 e. The lowest BCUT2D eigenvalue weighted by Crippen LogP contribution is -2.29. The summed E-state index contributed by atoms with van der Waals surface area (Å²) < 4.78 is 10.4. The maximum Gasteiger partial charge on any atom is 0.337 e. The fourth-order valence-corrected chi connectivity index (χ4v) is 4.51. The molecule has 0 bridgehead atoms. The second-order valence-electron chi connectivity index (χ2n) is 8.78. The van der Waals surface area contributed by atoms with Crippen molar-refractivity contribution in [3.05, 3.63) is 94.0 Å². The number of nitrogens with zero attached hydrogens (tertiary/aromatic N) is 2. The number of rotatable bonds is 7. The number of hydrogen-bond donors (Lipinski definition) is 1. The Balaban J connectivity index is 1.93. The summed E-state index contributed by atoms with van der Waals surface area (Å²) in [5.74, 6) is -2.31. The van der Waals surface area contributed by atoms with Gasteiger partial charge < -0.3 is 19.5 Å². The largest absolute Gasteiger partial charge is 0.507 e. The van der Waals surface area contributed by atoms with Crippen molar-refractivity contribution in [2.45, 2.75) is 13.0 Å². The van der Waals surface area contributed by atoms with Gasteiger partial charge in [0.15, 0.2) is 0 Å². The summed E-state index contributed by atoms with van der Waals surface area (Å²) in [6, 6.07) is 17.2. The van der Waals surface area contributed by atoms with Crippen molar-refractivity contribution in [1.29, 1.82) is 0 Å². The number of ether oxygens (including phenoxy) is 2. The van der Waals surface area contributed by atoms with Gasteiger partial charge in [-0.25, -0.2) is 4.79 Å². The van der Waals surface area contributed by atoms with Crippen LogP contribution in [0.3, 0.4) is 0 Å². The van der Waals surface area contributed by atoms with E-state index in [1.165, 1.54) is 24.1 Å². The van der Waals surface area contributed by atoms with E-state index in [1.54, 1.807) is 49.4 Å². The minimum Gasteiger partial charge on any atom is -0.507 e. The molecule has 1 heterocycles. The molecule has 1 N–H and O–H groups in total. The van der Waals surface area contributed by atoms with Crippen LogP contribution in [0.1, 0.15) is 34.5 Å². The van der Waals surface area contributed by atoms with Crippen LogP contribution in [-0.4, -0.2) is 50.6 Å². The van der Waals surface area contributed by atoms with Crippen molar-refractivity contribution in [2.24, 2.45) is 0 Å². The number of anilines is 2. The Bertz CT molecular complexity index is 1430. The molecule has 1 fully saturated rings. The fourth-order valence-electron chi connectivity index (χ4n) is 4.34. The van der Waals surface area contributed by atoms with Crippen LogP contribution >= 0.6 is 11.6 Å². The normalized spacial score (nSPS) is 16.4. The highest BCUT2D eigenvalue weighted by atomic mass is 35.5. The molecule has 3 aromatic carbocycles. The number of aliphatic hydroxyl groups is 1. The van der Waals surface area contributed by atoms with Crippen LogP contribution < -0.4 is 14.5 Å². The van der Waals surface area contributed by atoms with E-state index in [0.29, 0.717) is 28.6 Å². The zero-order valence-electron chi connectivity index (χ0n) is 21.4. The van der Waals surface area contributed by atoms with Gasteiger partial charge in [-0.1, -0.05) is 29.8 Å². The molecule has 4 rings (SSSR count). The maximum absolute atomic E-state index is 13.4. The number of halogens is 1. The quantitative estimate of drug-likeness (QED) is 0.192. The van der Waals surface area contributed by atoms with Gasteiger partial charge in [0.1, 0.15) is 11.5 Å². The van der Waals surface area contributed by atoms with E-state index in [2.05, 4.69) is 0 Å². The highest BCUT2D eigenvalue weighted by molar-refractivity contribution is 6.51. The van der Waals surface area contributed by atoms with Crippen molar-refractivity contribution in [3.8, 4) is 5.75 Å². The molecule has 0 aliphatic carbocycles. The number of Topliss-reactive ketones (excluding diaryl/α,β-unsaturated/α-hetero) is 1. The second kappa shape index (κ2) is 11.0. The molecule has 1 amide bonds. The summed E-state index contributed by atoms with van der Waals surface area (Å²) in [4.78, 5) is 42.3. The van der Waals surface area contributed by atoms with Crippen molar-refractivity contribution < 1.29 is 29.0 Å². The number of amides is 1. The SMILES string of the molecule is CCOc1cc(/C(O)=C2\C(=O)C(=O)N(c3cccc(C(=O)OC)c3)C2c2ccc(N(C)C)cc2)ccc1Cl. The van der Waals surface area contributed by atoms with Gasteiger partial charge in [0.25, 0.3) is 11.7 Å². The minimum atomic E-state index is -0.967. The summed E-state index contributed by atoms with van der Waals surface area (Å²) in [5, 5.41) is 11.8. The topological polar surface area (TPSA) is 96.4 Å². The van der Waals surface area contributed by atoms with Crippen LogP contribution in [0.15, 0.2) is 72.3 Å². The molecule has 1 aliphatic rings. The van der Waals surface area contributed by atoms with Gasteiger partial charge in [-0.3, -0.25) is 14.5 Å². The molecular formula is C29H27ClN2O6. The van der Waals surface area contributed by atoms with Crippen LogP contribution in [-0.2, 0) is 14.3 Å².